The molecule has 132 valence electrons. The Balaban J connectivity index is 1.61. The Morgan fingerprint density at radius 3 is 2.32 bits per heavy atom. The predicted octanol–water partition coefficient (Wildman–Crippen LogP) is 0.963. The predicted molar refractivity (Wildman–Crippen MR) is 94.1 cm³/mol. The molecule has 2 aliphatic rings. The minimum atomic E-state index is -0.118. The zero-order valence-electron chi connectivity index (χ0n) is 14.7. The number of rotatable bonds is 2. The minimum Gasteiger partial charge on any atom is -0.331 e. The molecule has 1 aromatic carbocycles. The lowest BCUT2D eigenvalue weighted by molar-refractivity contribution is -0.122. The van der Waals surface area contributed by atoms with Crippen LogP contribution in [-0.2, 0) is 4.79 Å². The highest BCUT2D eigenvalue weighted by molar-refractivity contribution is 5.99. The van der Waals surface area contributed by atoms with E-state index in [-0.39, 0.29) is 18.0 Å². The molecule has 0 unspecified atom stereocenters. The van der Waals surface area contributed by atoms with E-state index in [2.05, 4.69) is 11.0 Å². The topological polar surface area (TPSA) is 70.9 Å². The van der Waals surface area contributed by atoms with E-state index >= 15 is 0 Å². The Bertz CT molecular complexity index is 686. The molecular weight excluding hydrogens is 318 g/mol. The van der Waals surface area contributed by atoms with Gasteiger partial charge in [-0.1, -0.05) is 0 Å². The fourth-order valence-electron chi connectivity index (χ4n) is 3.48. The van der Waals surface area contributed by atoms with E-state index in [4.69, 9.17) is 5.26 Å². The summed E-state index contributed by atoms with van der Waals surface area (Å²) in [6.07, 6.45) is 0.792. The van der Waals surface area contributed by atoms with Crippen LogP contribution < -0.4 is 4.90 Å². The van der Waals surface area contributed by atoms with Gasteiger partial charge in [-0.25, -0.2) is 4.79 Å². The van der Waals surface area contributed by atoms with Crippen LogP contribution in [0.3, 0.4) is 0 Å². The molecule has 3 amide bonds. The van der Waals surface area contributed by atoms with Crippen LogP contribution in [0.25, 0.3) is 0 Å². The molecular formula is C18H23N5O2. The van der Waals surface area contributed by atoms with E-state index in [1.807, 2.05) is 17.0 Å². The molecule has 2 aliphatic heterocycles. The van der Waals surface area contributed by atoms with Gasteiger partial charge in [-0.2, -0.15) is 5.26 Å². The third-order valence-corrected chi connectivity index (χ3v) is 4.89. The highest BCUT2D eigenvalue weighted by atomic mass is 16.2. The number of piperazine rings is 1. The number of anilines is 1. The molecule has 3 rings (SSSR count). The molecule has 0 radical (unpaired) electrons. The molecule has 25 heavy (non-hydrogen) atoms. The molecule has 0 aliphatic carbocycles. The molecule has 7 heteroatoms. The van der Waals surface area contributed by atoms with Crippen LogP contribution in [0.1, 0.15) is 12.0 Å². The van der Waals surface area contributed by atoms with Crippen molar-refractivity contribution in [3.63, 3.8) is 0 Å². The number of hydrogen-bond acceptors (Lipinski definition) is 4. The van der Waals surface area contributed by atoms with Crippen molar-refractivity contribution in [3.05, 3.63) is 29.8 Å². The van der Waals surface area contributed by atoms with Crippen LogP contribution in [0.15, 0.2) is 24.3 Å². The molecule has 0 N–H and O–H groups in total. The van der Waals surface area contributed by atoms with Crippen molar-refractivity contribution in [3.8, 4) is 6.07 Å². The van der Waals surface area contributed by atoms with E-state index in [1.165, 1.54) is 0 Å². The van der Waals surface area contributed by atoms with Crippen molar-refractivity contribution in [2.45, 2.75) is 12.5 Å². The van der Waals surface area contributed by atoms with Crippen LogP contribution in [0.2, 0.25) is 0 Å². The van der Waals surface area contributed by atoms with Crippen LogP contribution in [-0.4, -0.2) is 79.5 Å². The first-order valence-corrected chi connectivity index (χ1v) is 8.53. The monoisotopic (exact) mass is 341 g/mol. The van der Waals surface area contributed by atoms with Gasteiger partial charge < -0.3 is 14.7 Å². The third-order valence-electron chi connectivity index (χ3n) is 4.89. The van der Waals surface area contributed by atoms with Crippen molar-refractivity contribution in [2.24, 2.45) is 0 Å². The molecule has 0 saturated carbocycles. The van der Waals surface area contributed by atoms with Crippen molar-refractivity contribution >= 4 is 17.6 Å². The molecule has 2 heterocycles. The fourth-order valence-corrected chi connectivity index (χ4v) is 3.48. The first kappa shape index (κ1) is 17.2. The molecule has 7 nitrogen and oxygen atoms in total. The number of benzene rings is 1. The van der Waals surface area contributed by atoms with Gasteiger partial charge in [-0.05, 0) is 30.7 Å². The van der Waals surface area contributed by atoms with Crippen LogP contribution in [0.4, 0.5) is 10.5 Å². The van der Waals surface area contributed by atoms with E-state index in [0.717, 1.165) is 25.2 Å². The zero-order chi connectivity index (χ0) is 18.0. The van der Waals surface area contributed by atoms with Gasteiger partial charge in [0.1, 0.15) is 0 Å². The standard InChI is InChI=1S/C18H23N5O2/c1-20(2)18(25)22-11-9-21(10-12-22)16-7-8-23(17(16)24)15-5-3-14(13-19)4-6-15/h3-6,16H,7-12H2,1-2H3/t16-/m0/s1. The largest absolute Gasteiger partial charge is 0.331 e. The first-order valence-electron chi connectivity index (χ1n) is 8.53. The highest BCUT2D eigenvalue weighted by Crippen LogP contribution is 2.25. The summed E-state index contributed by atoms with van der Waals surface area (Å²) in [5, 5.41) is 8.88. The second kappa shape index (κ2) is 7.11. The lowest BCUT2D eigenvalue weighted by Crippen LogP contribution is -2.55. The number of amides is 3. The molecule has 2 fully saturated rings. The number of carbonyl (C=O) groups excluding carboxylic acids is 2. The number of hydrogen-bond donors (Lipinski definition) is 0. The van der Waals surface area contributed by atoms with Gasteiger partial charge in [0.2, 0.25) is 5.91 Å². The summed E-state index contributed by atoms with van der Waals surface area (Å²) in [6, 6.07) is 9.12. The van der Waals surface area contributed by atoms with Gasteiger partial charge in [-0.15, -0.1) is 0 Å². The quantitative estimate of drug-likeness (QED) is 0.803. The molecule has 1 aromatic rings. The number of carbonyl (C=O) groups is 2. The van der Waals surface area contributed by atoms with Crippen molar-refractivity contribution in [1.29, 1.82) is 5.26 Å². The lowest BCUT2D eigenvalue weighted by atomic mass is 10.2. The second-order valence-corrected chi connectivity index (χ2v) is 6.65. The SMILES string of the molecule is CN(C)C(=O)N1CCN([C@H]2CCN(c3ccc(C#N)cc3)C2=O)CC1. The molecule has 0 aromatic heterocycles. The Morgan fingerprint density at radius 1 is 1.12 bits per heavy atom. The van der Waals surface area contributed by atoms with Gasteiger partial charge in [0, 0.05) is 52.5 Å². The van der Waals surface area contributed by atoms with Crippen molar-refractivity contribution in [1.82, 2.24) is 14.7 Å². The summed E-state index contributed by atoms with van der Waals surface area (Å²) in [7, 11) is 3.51. The maximum absolute atomic E-state index is 12.8. The molecule has 0 bridgehead atoms. The van der Waals surface area contributed by atoms with Crippen molar-refractivity contribution < 1.29 is 9.59 Å². The van der Waals surface area contributed by atoms with Gasteiger partial charge in [0.25, 0.3) is 0 Å². The fraction of sp³-hybridized carbons (Fsp3) is 0.500. The summed E-state index contributed by atoms with van der Waals surface area (Å²) < 4.78 is 0. The Hall–Kier alpha value is -2.59. The minimum absolute atomic E-state index is 0.0246. The van der Waals surface area contributed by atoms with E-state index < -0.39 is 0 Å². The highest BCUT2D eigenvalue weighted by Gasteiger charge is 2.38. The van der Waals surface area contributed by atoms with Crippen molar-refractivity contribution in [2.75, 3.05) is 51.7 Å². The van der Waals surface area contributed by atoms with Gasteiger partial charge in [-0.3, -0.25) is 9.69 Å². The van der Waals surface area contributed by atoms with Gasteiger partial charge >= 0.3 is 6.03 Å². The lowest BCUT2D eigenvalue weighted by Gasteiger charge is -2.38. The maximum atomic E-state index is 12.8. The maximum Gasteiger partial charge on any atom is 0.319 e. The van der Waals surface area contributed by atoms with Crippen LogP contribution >= 0.6 is 0 Å². The van der Waals surface area contributed by atoms with Gasteiger partial charge in [0.05, 0.1) is 17.7 Å². The summed E-state index contributed by atoms with van der Waals surface area (Å²) in [6.45, 7) is 3.43. The van der Waals surface area contributed by atoms with Crippen LogP contribution in [0, 0.1) is 11.3 Å². The average Bonchev–Trinajstić information content (AvgIpc) is 3.02. The molecule has 2 saturated heterocycles. The van der Waals surface area contributed by atoms with E-state index in [9.17, 15) is 9.59 Å². The van der Waals surface area contributed by atoms with Crippen LogP contribution in [0.5, 0.6) is 0 Å². The Kier molecular flexibility index (Phi) is 4.91. The third kappa shape index (κ3) is 3.44. The molecule has 1 atom stereocenters. The Morgan fingerprint density at radius 2 is 1.76 bits per heavy atom. The molecule has 0 spiro atoms. The van der Waals surface area contributed by atoms with Gasteiger partial charge in [0.15, 0.2) is 0 Å². The number of nitriles is 1. The van der Waals surface area contributed by atoms with E-state index in [0.29, 0.717) is 25.2 Å². The average molecular weight is 341 g/mol. The second-order valence-electron chi connectivity index (χ2n) is 6.65. The first-order chi connectivity index (χ1) is 12.0. The summed E-state index contributed by atoms with van der Waals surface area (Å²) in [5.41, 5.74) is 1.43. The normalized spacial score (nSPS) is 21.3. The summed E-state index contributed by atoms with van der Waals surface area (Å²) >= 11 is 0. The van der Waals surface area contributed by atoms with E-state index in [1.54, 1.807) is 36.0 Å². The Labute approximate surface area is 148 Å². The smallest absolute Gasteiger partial charge is 0.319 e. The number of urea groups is 1. The zero-order valence-corrected chi connectivity index (χ0v) is 14.7. The number of nitrogens with zero attached hydrogens (tertiary/aromatic N) is 5. The summed E-state index contributed by atoms with van der Waals surface area (Å²) in [4.78, 5) is 32.2. The summed E-state index contributed by atoms with van der Waals surface area (Å²) in [5.74, 6) is 0.108.